The molecule has 0 saturated heterocycles. The van der Waals surface area contributed by atoms with Crippen LogP contribution in [0.1, 0.15) is 43.5 Å². The smallest absolute Gasteiger partial charge is 0.331 e. The lowest BCUT2D eigenvalue weighted by Gasteiger charge is -2.12. The lowest BCUT2D eigenvalue weighted by Crippen LogP contribution is -2.29. The van der Waals surface area contributed by atoms with Crippen LogP contribution < -0.4 is 5.32 Å². The Hall–Kier alpha value is -2.60. The van der Waals surface area contributed by atoms with Gasteiger partial charge in [0, 0.05) is 23.9 Å². The highest BCUT2D eigenvalue weighted by atomic mass is 35.5. The van der Waals surface area contributed by atoms with E-state index in [1.807, 2.05) is 26.0 Å². The summed E-state index contributed by atoms with van der Waals surface area (Å²) in [5, 5.41) is 7.59. The number of unbranched alkanes of at least 4 members (excludes halogenated alkanes) is 1. The molecule has 0 saturated carbocycles. The molecule has 1 N–H and O–H groups in total. The summed E-state index contributed by atoms with van der Waals surface area (Å²) in [6.07, 6.45) is 3.91. The molecule has 28 heavy (non-hydrogen) atoms. The van der Waals surface area contributed by atoms with Crippen molar-refractivity contribution in [2.45, 2.75) is 53.2 Å². The molecule has 1 atom stereocenters. The van der Waals surface area contributed by atoms with Gasteiger partial charge in [-0.2, -0.15) is 5.10 Å². The normalized spacial score (nSPS) is 12.2. The first-order valence-electron chi connectivity index (χ1n) is 9.31. The third-order valence-corrected chi connectivity index (χ3v) is 4.60. The highest BCUT2D eigenvalue weighted by molar-refractivity contribution is 6.31. The quantitative estimate of drug-likeness (QED) is 0.518. The predicted octanol–water partition coefficient (Wildman–Crippen LogP) is 4.54. The molecule has 2 rings (SSSR count). The number of anilines is 1. The summed E-state index contributed by atoms with van der Waals surface area (Å²) in [7, 11) is 0. The molecule has 1 heterocycles. The summed E-state index contributed by atoms with van der Waals surface area (Å²) in [6, 6.07) is 7.37. The van der Waals surface area contributed by atoms with Crippen LogP contribution >= 0.6 is 11.6 Å². The van der Waals surface area contributed by atoms with E-state index in [2.05, 4.69) is 17.3 Å². The Morgan fingerprint density at radius 3 is 2.61 bits per heavy atom. The van der Waals surface area contributed by atoms with Crippen molar-refractivity contribution < 1.29 is 14.3 Å². The average Bonchev–Trinajstić information content (AvgIpc) is 2.93. The number of hydrogen-bond donors (Lipinski definition) is 1. The van der Waals surface area contributed by atoms with Gasteiger partial charge < -0.3 is 10.1 Å². The van der Waals surface area contributed by atoms with Crippen LogP contribution in [0.15, 0.2) is 30.3 Å². The van der Waals surface area contributed by atoms with E-state index in [4.69, 9.17) is 16.3 Å². The Morgan fingerprint density at radius 1 is 1.29 bits per heavy atom. The lowest BCUT2D eigenvalue weighted by molar-refractivity contribution is -0.148. The summed E-state index contributed by atoms with van der Waals surface area (Å²) in [6.45, 7) is 8.14. The van der Waals surface area contributed by atoms with Gasteiger partial charge >= 0.3 is 5.97 Å². The number of nitrogens with one attached hydrogen (secondary N) is 1. The molecule has 7 heteroatoms. The summed E-state index contributed by atoms with van der Waals surface area (Å²) in [4.78, 5) is 24.2. The van der Waals surface area contributed by atoms with Gasteiger partial charge in [-0.3, -0.25) is 9.48 Å². The van der Waals surface area contributed by atoms with Gasteiger partial charge in [0.05, 0.1) is 5.69 Å². The van der Waals surface area contributed by atoms with Gasteiger partial charge in [0.2, 0.25) is 0 Å². The molecule has 0 bridgehead atoms. The molecule has 0 radical (unpaired) electrons. The van der Waals surface area contributed by atoms with Crippen molar-refractivity contribution in [3.63, 3.8) is 0 Å². The van der Waals surface area contributed by atoms with Gasteiger partial charge in [0.25, 0.3) is 5.91 Å². The zero-order valence-electron chi connectivity index (χ0n) is 16.7. The van der Waals surface area contributed by atoms with Crippen molar-refractivity contribution in [1.82, 2.24) is 9.78 Å². The molecule has 1 amide bonds. The van der Waals surface area contributed by atoms with E-state index >= 15 is 0 Å². The molecule has 0 aliphatic heterocycles. The number of hydrogen-bond acceptors (Lipinski definition) is 4. The maximum absolute atomic E-state index is 12.2. The molecule has 0 fully saturated rings. The molecule has 6 nitrogen and oxygen atoms in total. The topological polar surface area (TPSA) is 73.2 Å². The van der Waals surface area contributed by atoms with Crippen molar-refractivity contribution in [3.05, 3.63) is 52.3 Å². The fourth-order valence-corrected chi connectivity index (χ4v) is 2.83. The number of esters is 1. The van der Waals surface area contributed by atoms with Crippen molar-refractivity contribution >= 4 is 35.2 Å². The number of aromatic nitrogens is 2. The molecule has 0 unspecified atom stereocenters. The molecule has 0 aliphatic carbocycles. The van der Waals surface area contributed by atoms with Crippen LogP contribution in [0.5, 0.6) is 0 Å². The van der Waals surface area contributed by atoms with Crippen molar-refractivity contribution in [2.75, 3.05) is 5.32 Å². The second kappa shape index (κ2) is 10.1. The number of aryl methyl sites for hydroxylation is 3. The summed E-state index contributed by atoms with van der Waals surface area (Å²) < 4.78 is 6.90. The van der Waals surface area contributed by atoms with Gasteiger partial charge in [-0.05, 0) is 45.4 Å². The Bertz CT molecular complexity index is 857. The summed E-state index contributed by atoms with van der Waals surface area (Å²) >= 11 is 6.34. The van der Waals surface area contributed by atoms with E-state index in [-0.39, 0.29) is 0 Å². The molecular formula is C21H26ClN3O3. The second-order valence-corrected chi connectivity index (χ2v) is 6.99. The van der Waals surface area contributed by atoms with Crippen LogP contribution in [0, 0.1) is 13.8 Å². The van der Waals surface area contributed by atoms with Crippen LogP contribution in [0.3, 0.4) is 0 Å². The van der Waals surface area contributed by atoms with E-state index in [0.29, 0.717) is 16.4 Å². The first kappa shape index (κ1) is 21.7. The minimum absolute atomic E-state index is 0.396. The highest BCUT2D eigenvalue weighted by Crippen LogP contribution is 2.22. The van der Waals surface area contributed by atoms with Crippen LogP contribution in [0.25, 0.3) is 6.08 Å². The fourth-order valence-electron chi connectivity index (χ4n) is 2.51. The molecule has 2 aromatic rings. The number of carbonyl (C=O) groups excluding carboxylic acids is 2. The van der Waals surface area contributed by atoms with Gasteiger partial charge in [0.1, 0.15) is 5.15 Å². The third kappa shape index (κ3) is 5.96. The zero-order chi connectivity index (χ0) is 20.7. The maximum Gasteiger partial charge on any atom is 0.331 e. The van der Waals surface area contributed by atoms with E-state index in [0.717, 1.165) is 30.6 Å². The second-order valence-electron chi connectivity index (χ2n) is 6.63. The highest BCUT2D eigenvalue weighted by Gasteiger charge is 2.17. The molecule has 0 spiro atoms. The minimum Gasteiger partial charge on any atom is -0.449 e. The number of ether oxygens (including phenoxy) is 1. The molecule has 0 aliphatic rings. The number of benzene rings is 1. The van der Waals surface area contributed by atoms with Crippen molar-refractivity contribution in [3.8, 4) is 0 Å². The van der Waals surface area contributed by atoms with Crippen molar-refractivity contribution in [2.24, 2.45) is 0 Å². The SMILES string of the molecule is CCCCn1nc(C)c(/C=C/C(=O)O[C@@H](C)C(=O)Nc2ccc(C)cc2)c1Cl. The first-order chi connectivity index (χ1) is 13.3. The Morgan fingerprint density at radius 2 is 1.96 bits per heavy atom. The Balaban J connectivity index is 1.94. The van der Waals surface area contributed by atoms with Gasteiger partial charge in [-0.1, -0.05) is 42.6 Å². The molecule has 1 aromatic carbocycles. The molecule has 150 valence electrons. The average molecular weight is 404 g/mol. The summed E-state index contributed by atoms with van der Waals surface area (Å²) in [5.41, 5.74) is 3.15. The Labute approximate surface area is 170 Å². The predicted molar refractivity (Wildman–Crippen MR) is 111 cm³/mol. The molecule has 1 aromatic heterocycles. The number of halogens is 1. The summed E-state index contributed by atoms with van der Waals surface area (Å²) in [5.74, 6) is -1.02. The number of nitrogens with zero attached hydrogens (tertiary/aromatic N) is 2. The van der Waals surface area contributed by atoms with Crippen molar-refractivity contribution in [1.29, 1.82) is 0 Å². The van der Waals surface area contributed by atoms with Gasteiger partial charge in [-0.25, -0.2) is 4.79 Å². The molecular weight excluding hydrogens is 378 g/mol. The fraction of sp³-hybridized carbons (Fsp3) is 0.381. The third-order valence-electron chi connectivity index (χ3n) is 4.20. The zero-order valence-corrected chi connectivity index (χ0v) is 17.4. The monoisotopic (exact) mass is 403 g/mol. The Kier molecular flexibility index (Phi) is 7.81. The number of rotatable bonds is 8. The van der Waals surface area contributed by atoms with E-state index < -0.39 is 18.0 Å². The van der Waals surface area contributed by atoms with E-state index in [1.165, 1.54) is 13.0 Å². The largest absolute Gasteiger partial charge is 0.449 e. The first-order valence-corrected chi connectivity index (χ1v) is 9.68. The van der Waals surface area contributed by atoms with Crippen LogP contribution in [0.4, 0.5) is 5.69 Å². The van der Waals surface area contributed by atoms with E-state index in [1.54, 1.807) is 22.9 Å². The minimum atomic E-state index is -0.928. The number of amides is 1. The van der Waals surface area contributed by atoms with E-state index in [9.17, 15) is 9.59 Å². The van der Waals surface area contributed by atoms with Gasteiger partial charge in [-0.15, -0.1) is 0 Å². The van der Waals surface area contributed by atoms with Crippen LogP contribution in [-0.4, -0.2) is 27.8 Å². The lowest BCUT2D eigenvalue weighted by atomic mass is 10.2. The number of carbonyl (C=O) groups is 2. The van der Waals surface area contributed by atoms with Crippen LogP contribution in [-0.2, 0) is 20.9 Å². The van der Waals surface area contributed by atoms with Crippen LogP contribution in [0.2, 0.25) is 5.15 Å². The standard InChI is InChI=1S/C21H26ClN3O3/c1-5-6-13-25-20(22)18(15(3)24-25)11-12-19(26)28-16(4)21(27)23-17-9-7-14(2)8-10-17/h7-12,16H,5-6,13H2,1-4H3,(H,23,27)/b12-11+/t16-/m0/s1. The maximum atomic E-state index is 12.2. The van der Waals surface area contributed by atoms with Gasteiger partial charge in [0.15, 0.2) is 6.10 Å².